The predicted molar refractivity (Wildman–Crippen MR) is 55.5 cm³/mol. The van der Waals surface area contributed by atoms with Crippen molar-refractivity contribution >= 4 is 17.0 Å². The summed E-state index contributed by atoms with van der Waals surface area (Å²) in [6, 6.07) is 1.79. The first-order chi connectivity index (χ1) is 7.93. The van der Waals surface area contributed by atoms with Gasteiger partial charge in [-0.25, -0.2) is 15.0 Å². The molecule has 0 unspecified atom stereocenters. The Morgan fingerprint density at radius 2 is 2.31 bits per heavy atom. The van der Waals surface area contributed by atoms with Gasteiger partial charge in [0.25, 0.3) is 0 Å². The van der Waals surface area contributed by atoms with Crippen molar-refractivity contribution in [3.8, 4) is 0 Å². The third kappa shape index (κ3) is 1.48. The summed E-state index contributed by atoms with van der Waals surface area (Å²) < 4.78 is 4.73. The summed E-state index contributed by atoms with van der Waals surface area (Å²) in [6.45, 7) is 0.543. The Balaban J connectivity index is 1.86. The molecule has 0 amide bonds. The quantitative estimate of drug-likeness (QED) is 0.677. The maximum Gasteiger partial charge on any atom is 0.182 e. The van der Waals surface area contributed by atoms with Crippen molar-refractivity contribution in [3.63, 3.8) is 0 Å². The number of aromatic amines is 1. The number of hydrogen-bond acceptors (Lipinski definition) is 6. The fourth-order valence-electron chi connectivity index (χ4n) is 1.40. The van der Waals surface area contributed by atoms with Gasteiger partial charge in [0.15, 0.2) is 11.5 Å². The van der Waals surface area contributed by atoms with Crippen LogP contribution in [0.5, 0.6) is 0 Å². The summed E-state index contributed by atoms with van der Waals surface area (Å²) in [5, 5.41) is 6.92. The Morgan fingerprint density at radius 3 is 3.19 bits per heavy atom. The molecule has 0 saturated carbocycles. The highest BCUT2D eigenvalue weighted by atomic mass is 16.5. The van der Waals surface area contributed by atoms with Gasteiger partial charge in [0.05, 0.1) is 12.9 Å². The van der Waals surface area contributed by atoms with Crippen molar-refractivity contribution in [2.75, 3.05) is 5.32 Å². The monoisotopic (exact) mass is 216 g/mol. The Kier molecular flexibility index (Phi) is 1.99. The van der Waals surface area contributed by atoms with E-state index in [1.165, 1.54) is 12.6 Å². The van der Waals surface area contributed by atoms with Gasteiger partial charge in [-0.15, -0.1) is 0 Å². The lowest BCUT2D eigenvalue weighted by Gasteiger charge is -2.02. The minimum absolute atomic E-state index is 0.543. The van der Waals surface area contributed by atoms with Crippen LogP contribution in [0.25, 0.3) is 11.2 Å². The van der Waals surface area contributed by atoms with Gasteiger partial charge < -0.3 is 14.8 Å². The zero-order valence-electron chi connectivity index (χ0n) is 8.21. The molecule has 3 heterocycles. The average molecular weight is 216 g/mol. The minimum Gasteiger partial charge on any atom is -0.364 e. The lowest BCUT2D eigenvalue weighted by molar-refractivity contribution is 0.412. The number of hydrogen-bond donors (Lipinski definition) is 2. The minimum atomic E-state index is 0.543. The molecule has 0 aliphatic heterocycles. The second kappa shape index (κ2) is 3.61. The third-order valence-corrected chi connectivity index (χ3v) is 2.15. The molecular weight excluding hydrogens is 208 g/mol. The van der Waals surface area contributed by atoms with Gasteiger partial charge >= 0.3 is 0 Å². The van der Waals surface area contributed by atoms with Gasteiger partial charge in [-0.3, -0.25) is 0 Å². The molecule has 0 aliphatic rings. The van der Waals surface area contributed by atoms with E-state index in [0.717, 1.165) is 11.2 Å². The van der Waals surface area contributed by atoms with Crippen LogP contribution in [0.3, 0.4) is 0 Å². The number of imidazole rings is 1. The van der Waals surface area contributed by atoms with E-state index in [2.05, 4.69) is 30.4 Å². The van der Waals surface area contributed by atoms with Crippen LogP contribution in [0, 0.1) is 0 Å². The van der Waals surface area contributed by atoms with Crippen molar-refractivity contribution < 1.29 is 4.52 Å². The number of nitrogens with one attached hydrogen (secondary N) is 2. The lowest BCUT2D eigenvalue weighted by Crippen LogP contribution is -2.02. The van der Waals surface area contributed by atoms with Gasteiger partial charge in [0.1, 0.15) is 23.8 Å². The van der Waals surface area contributed by atoms with Crippen molar-refractivity contribution in [2.45, 2.75) is 6.54 Å². The van der Waals surface area contributed by atoms with Crippen LogP contribution in [-0.4, -0.2) is 25.1 Å². The SMILES string of the molecule is c1nc(NCc2ccon2)c2[nH]cnc2n1. The average Bonchev–Trinajstić information content (AvgIpc) is 2.97. The van der Waals surface area contributed by atoms with Crippen LogP contribution in [0.4, 0.5) is 5.82 Å². The molecule has 0 aliphatic carbocycles. The largest absolute Gasteiger partial charge is 0.364 e. The van der Waals surface area contributed by atoms with Gasteiger partial charge in [0.2, 0.25) is 0 Å². The molecule has 0 spiro atoms. The molecule has 3 aromatic rings. The summed E-state index contributed by atoms with van der Waals surface area (Å²) in [5.41, 5.74) is 2.23. The molecule has 3 aromatic heterocycles. The van der Waals surface area contributed by atoms with E-state index in [1.807, 2.05) is 0 Å². The van der Waals surface area contributed by atoms with Gasteiger partial charge in [-0.2, -0.15) is 0 Å². The van der Waals surface area contributed by atoms with Crippen LogP contribution in [-0.2, 0) is 6.54 Å². The molecule has 0 radical (unpaired) electrons. The number of aromatic nitrogens is 5. The highest BCUT2D eigenvalue weighted by molar-refractivity contribution is 5.81. The molecule has 7 nitrogen and oxygen atoms in total. The first kappa shape index (κ1) is 8.84. The second-order valence-corrected chi connectivity index (χ2v) is 3.17. The molecule has 0 fully saturated rings. The van der Waals surface area contributed by atoms with E-state index in [4.69, 9.17) is 4.52 Å². The standard InChI is InChI=1S/C9H8N6O/c1-2-16-15-6(1)3-10-8-7-9(12-4-11-7)14-5-13-8/h1-2,4-5H,3H2,(H2,10,11,12,13,14). The molecule has 3 rings (SSSR count). The molecule has 0 bridgehead atoms. The highest BCUT2D eigenvalue weighted by Gasteiger charge is 2.05. The summed E-state index contributed by atoms with van der Waals surface area (Å²) in [5.74, 6) is 0.700. The molecule has 0 atom stereocenters. The smallest absolute Gasteiger partial charge is 0.182 e. The maximum absolute atomic E-state index is 4.73. The summed E-state index contributed by atoms with van der Waals surface area (Å²) in [7, 11) is 0. The van der Waals surface area contributed by atoms with E-state index in [0.29, 0.717) is 18.0 Å². The van der Waals surface area contributed by atoms with E-state index >= 15 is 0 Å². The maximum atomic E-state index is 4.73. The second-order valence-electron chi connectivity index (χ2n) is 3.17. The third-order valence-electron chi connectivity index (χ3n) is 2.15. The first-order valence-corrected chi connectivity index (χ1v) is 4.71. The number of fused-ring (bicyclic) bond motifs is 1. The number of nitrogens with zero attached hydrogens (tertiary/aromatic N) is 4. The predicted octanol–water partition coefficient (Wildman–Crippen LogP) is 0.953. The molecule has 0 saturated heterocycles. The molecule has 80 valence electrons. The van der Waals surface area contributed by atoms with Gasteiger partial charge in [-0.05, 0) is 0 Å². The lowest BCUT2D eigenvalue weighted by atomic mass is 10.4. The van der Waals surface area contributed by atoms with Crippen molar-refractivity contribution in [1.29, 1.82) is 0 Å². The number of anilines is 1. The topological polar surface area (TPSA) is 92.5 Å². The Labute approximate surface area is 89.9 Å². The fraction of sp³-hybridized carbons (Fsp3) is 0.111. The summed E-state index contributed by atoms with van der Waals surface area (Å²) >= 11 is 0. The summed E-state index contributed by atoms with van der Waals surface area (Å²) in [6.07, 6.45) is 4.58. The van der Waals surface area contributed by atoms with Gasteiger partial charge in [-0.1, -0.05) is 5.16 Å². The Bertz CT molecular complexity index is 587. The summed E-state index contributed by atoms with van der Waals surface area (Å²) in [4.78, 5) is 15.2. The van der Waals surface area contributed by atoms with Gasteiger partial charge in [0, 0.05) is 6.07 Å². The van der Waals surface area contributed by atoms with Crippen LogP contribution in [0.2, 0.25) is 0 Å². The molecule has 0 aromatic carbocycles. The van der Waals surface area contributed by atoms with Crippen LogP contribution in [0.1, 0.15) is 5.69 Å². The zero-order valence-corrected chi connectivity index (χ0v) is 8.21. The Hall–Kier alpha value is -2.44. The molecule has 7 heteroatoms. The van der Waals surface area contributed by atoms with Crippen LogP contribution >= 0.6 is 0 Å². The van der Waals surface area contributed by atoms with E-state index in [9.17, 15) is 0 Å². The van der Waals surface area contributed by atoms with E-state index in [1.54, 1.807) is 12.4 Å². The van der Waals surface area contributed by atoms with E-state index < -0.39 is 0 Å². The zero-order chi connectivity index (χ0) is 10.8. The van der Waals surface area contributed by atoms with Crippen molar-refractivity contribution in [1.82, 2.24) is 25.1 Å². The Morgan fingerprint density at radius 1 is 1.31 bits per heavy atom. The van der Waals surface area contributed by atoms with Crippen molar-refractivity contribution in [3.05, 3.63) is 30.7 Å². The van der Waals surface area contributed by atoms with Crippen molar-refractivity contribution in [2.24, 2.45) is 0 Å². The fourth-order valence-corrected chi connectivity index (χ4v) is 1.40. The molecule has 2 N–H and O–H groups in total. The highest BCUT2D eigenvalue weighted by Crippen LogP contribution is 2.14. The van der Waals surface area contributed by atoms with Crippen LogP contribution in [0.15, 0.2) is 29.5 Å². The normalized spacial score (nSPS) is 10.8. The van der Waals surface area contributed by atoms with Crippen LogP contribution < -0.4 is 5.32 Å². The number of rotatable bonds is 3. The molecular formula is C9H8N6O. The molecule has 16 heavy (non-hydrogen) atoms. The first-order valence-electron chi connectivity index (χ1n) is 4.71. The van der Waals surface area contributed by atoms with E-state index in [-0.39, 0.29) is 0 Å². The number of H-pyrrole nitrogens is 1.